The van der Waals surface area contributed by atoms with Gasteiger partial charge in [0.2, 0.25) is 11.8 Å². The van der Waals surface area contributed by atoms with E-state index in [2.05, 4.69) is 11.2 Å². The molecular weight excluding hydrogens is 666 g/mol. The van der Waals surface area contributed by atoms with E-state index in [1.54, 1.807) is 37.5 Å². The Labute approximate surface area is 297 Å². The van der Waals surface area contributed by atoms with Crippen LogP contribution >= 0.6 is 0 Å². The summed E-state index contributed by atoms with van der Waals surface area (Å²) in [6.45, 7) is 8.44. The first-order valence-electron chi connectivity index (χ1n) is 16.8. The maximum Gasteiger partial charge on any atom is 0.410 e. The first-order chi connectivity index (χ1) is 24.1. The number of carbonyl (C=O) groups is 4. The number of carbonyl (C=O) groups excluding carboxylic acids is 4. The molecule has 2 heterocycles. The summed E-state index contributed by atoms with van der Waals surface area (Å²) in [6, 6.07) is 9.04. The molecule has 2 saturated heterocycles. The molecule has 0 saturated carbocycles. The fraction of sp³-hybridized carbons (Fsp3) is 0.514. The zero-order chi connectivity index (χ0) is 37.5. The van der Waals surface area contributed by atoms with Crippen molar-refractivity contribution in [3.8, 4) is 18.1 Å². The van der Waals surface area contributed by atoms with Gasteiger partial charge in [-0.05, 0) is 58.7 Å². The molecule has 0 bridgehead atoms. The monoisotopic (exact) mass is 712 g/mol. The van der Waals surface area contributed by atoms with Gasteiger partial charge in [-0.2, -0.15) is 0 Å². The third kappa shape index (κ3) is 9.88. The van der Waals surface area contributed by atoms with Crippen LogP contribution in [0, 0.1) is 29.9 Å². The molecule has 1 N–H and O–H groups in total. The average Bonchev–Trinajstić information content (AvgIpc) is 3.69. The molecule has 2 aliphatic heterocycles. The van der Waals surface area contributed by atoms with Crippen LogP contribution in [0.5, 0.6) is 5.75 Å². The molecular formula is C37H46F2N4O8. The second-order valence-corrected chi connectivity index (χ2v) is 13.7. The molecule has 6 unspecified atom stereocenters. The maximum absolute atomic E-state index is 14.4. The minimum atomic E-state index is -1.23. The number of hydrogen-bond donors (Lipinski definition) is 1. The molecule has 0 spiro atoms. The lowest BCUT2D eigenvalue weighted by Gasteiger charge is -2.35. The molecule has 2 aromatic carbocycles. The van der Waals surface area contributed by atoms with E-state index in [1.165, 1.54) is 20.0 Å². The van der Waals surface area contributed by atoms with Gasteiger partial charge < -0.3 is 34.1 Å². The Bertz CT molecular complexity index is 1600. The lowest BCUT2D eigenvalue weighted by atomic mass is 9.99. The molecule has 0 radical (unpaired) electrons. The maximum atomic E-state index is 14.4. The standard InChI is InChI=1S/C37H46F2N4O8/c1-8-18-48-24(3)31(40-33(44)23(2)41(7)35(46)51-37(4,5)6)34(45)42-17-16-30-32(42)26(22-49-27-14-15-28(38)29(39)19-27)20-43(30)36(47)50-21-25-12-10-9-11-13-25/h1,9-15,19,23-24,26,30-32H,16-18,20-22H2,2-7H3,(H,40,44). The Hall–Kier alpha value is -4.90. The van der Waals surface area contributed by atoms with Crippen LogP contribution < -0.4 is 10.1 Å². The molecule has 2 aliphatic rings. The molecule has 0 aliphatic carbocycles. The number of benzene rings is 2. The van der Waals surface area contributed by atoms with E-state index in [9.17, 15) is 28.0 Å². The molecule has 6 atom stereocenters. The Balaban J connectivity index is 1.57. The highest BCUT2D eigenvalue weighted by Gasteiger charge is 2.53. The third-order valence-electron chi connectivity index (χ3n) is 8.92. The second-order valence-electron chi connectivity index (χ2n) is 13.7. The van der Waals surface area contributed by atoms with Gasteiger partial charge >= 0.3 is 12.2 Å². The number of amides is 4. The minimum Gasteiger partial charge on any atom is -0.493 e. The van der Waals surface area contributed by atoms with E-state index in [0.29, 0.717) is 6.42 Å². The van der Waals surface area contributed by atoms with Gasteiger partial charge in [0.05, 0.1) is 24.8 Å². The van der Waals surface area contributed by atoms with E-state index in [-0.39, 0.29) is 38.7 Å². The number of terminal acetylenes is 1. The molecule has 14 heteroatoms. The summed E-state index contributed by atoms with van der Waals surface area (Å²) >= 11 is 0. The largest absolute Gasteiger partial charge is 0.493 e. The number of nitrogens with zero attached hydrogens (tertiary/aromatic N) is 3. The highest BCUT2D eigenvalue weighted by Crippen LogP contribution is 2.37. The average molecular weight is 713 g/mol. The van der Waals surface area contributed by atoms with Gasteiger partial charge in [0, 0.05) is 32.1 Å². The summed E-state index contributed by atoms with van der Waals surface area (Å²) in [6.07, 6.45) is 3.63. The second kappa shape index (κ2) is 16.9. The summed E-state index contributed by atoms with van der Waals surface area (Å²) in [5, 5.41) is 2.75. The van der Waals surface area contributed by atoms with Gasteiger partial charge in [0.25, 0.3) is 0 Å². The number of hydrogen-bond acceptors (Lipinski definition) is 8. The number of fused-ring (bicyclic) bond motifs is 1. The number of ether oxygens (including phenoxy) is 4. The summed E-state index contributed by atoms with van der Waals surface area (Å²) in [5.74, 6) is -1.26. The van der Waals surface area contributed by atoms with Crippen LogP contribution in [0.3, 0.4) is 0 Å². The summed E-state index contributed by atoms with van der Waals surface area (Å²) in [5.41, 5.74) is 0.00663. The van der Waals surface area contributed by atoms with Gasteiger partial charge in [-0.15, -0.1) is 6.42 Å². The van der Waals surface area contributed by atoms with Gasteiger partial charge in [0.15, 0.2) is 11.6 Å². The quantitative estimate of drug-likeness (QED) is 0.322. The number of nitrogens with one attached hydrogen (secondary N) is 1. The van der Waals surface area contributed by atoms with Crippen molar-refractivity contribution < 1.29 is 46.9 Å². The fourth-order valence-corrected chi connectivity index (χ4v) is 6.17. The van der Waals surface area contributed by atoms with Crippen LogP contribution in [0.15, 0.2) is 48.5 Å². The van der Waals surface area contributed by atoms with Gasteiger partial charge in [-0.3, -0.25) is 14.5 Å². The third-order valence-corrected chi connectivity index (χ3v) is 8.92. The zero-order valence-corrected chi connectivity index (χ0v) is 29.8. The van der Waals surface area contributed by atoms with E-state index >= 15 is 0 Å². The predicted octanol–water partition coefficient (Wildman–Crippen LogP) is 4.36. The molecule has 276 valence electrons. The normalized spacial score (nSPS) is 20.0. The smallest absolute Gasteiger partial charge is 0.410 e. The molecule has 2 aromatic rings. The van der Waals surface area contributed by atoms with Gasteiger partial charge in [0.1, 0.15) is 36.6 Å². The van der Waals surface area contributed by atoms with Crippen LogP contribution in [-0.4, -0.2) is 108 Å². The van der Waals surface area contributed by atoms with Crippen LogP contribution in [0.25, 0.3) is 0 Å². The van der Waals surface area contributed by atoms with Crippen molar-refractivity contribution in [2.24, 2.45) is 5.92 Å². The van der Waals surface area contributed by atoms with Crippen LogP contribution in [0.2, 0.25) is 0 Å². The van der Waals surface area contributed by atoms with Gasteiger partial charge in [-0.1, -0.05) is 36.3 Å². The Morgan fingerprint density at radius 1 is 1.06 bits per heavy atom. The van der Waals surface area contributed by atoms with Crippen LogP contribution in [0.1, 0.15) is 46.6 Å². The van der Waals surface area contributed by atoms with E-state index < -0.39 is 77.4 Å². The first-order valence-corrected chi connectivity index (χ1v) is 16.8. The van der Waals surface area contributed by atoms with Gasteiger partial charge in [-0.25, -0.2) is 18.4 Å². The molecule has 4 rings (SSSR count). The number of halogens is 2. The number of likely N-dealkylation sites (N-methyl/N-ethyl adjacent to an activating group) is 1. The van der Waals surface area contributed by atoms with Crippen molar-refractivity contribution in [2.75, 3.05) is 33.4 Å². The van der Waals surface area contributed by atoms with Crippen molar-refractivity contribution in [3.05, 3.63) is 65.7 Å². The lowest BCUT2D eigenvalue weighted by molar-refractivity contribution is -0.142. The van der Waals surface area contributed by atoms with E-state index in [1.807, 2.05) is 30.3 Å². The van der Waals surface area contributed by atoms with Crippen molar-refractivity contribution in [3.63, 3.8) is 0 Å². The highest BCUT2D eigenvalue weighted by atomic mass is 19.2. The fourth-order valence-electron chi connectivity index (χ4n) is 6.17. The molecule has 51 heavy (non-hydrogen) atoms. The van der Waals surface area contributed by atoms with Crippen molar-refractivity contribution in [1.29, 1.82) is 0 Å². The molecule has 2 fully saturated rings. The summed E-state index contributed by atoms with van der Waals surface area (Å²) in [7, 11) is 1.42. The summed E-state index contributed by atoms with van der Waals surface area (Å²) in [4.78, 5) is 58.4. The SMILES string of the molecule is C#CCOC(C)C(NC(=O)C(C)N(C)C(=O)OC(C)(C)C)C(=O)N1CCC2C1C(COc1ccc(F)c(F)c1)CN2C(=O)OCc1ccccc1. The first kappa shape index (κ1) is 38.9. The molecule has 4 amide bonds. The van der Waals surface area contributed by atoms with Crippen LogP contribution in [-0.2, 0) is 30.4 Å². The Morgan fingerprint density at radius 2 is 1.76 bits per heavy atom. The minimum absolute atomic E-state index is 0.0420. The topological polar surface area (TPSA) is 127 Å². The van der Waals surface area contributed by atoms with Crippen molar-refractivity contribution >= 4 is 24.0 Å². The van der Waals surface area contributed by atoms with E-state index in [4.69, 9.17) is 25.4 Å². The predicted molar refractivity (Wildman–Crippen MR) is 182 cm³/mol. The summed E-state index contributed by atoms with van der Waals surface area (Å²) < 4.78 is 50.2. The zero-order valence-electron chi connectivity index (χ0n) is 29.8. The number of rotatable bonds is 12. The molecule has 12 nitrogen and oxygen atoms in total. The number of likely N-dealkylation sites (tertiary alicyclic amines) is 2. The van der Waals surface area contributed by atoms with Crippen LogP contribution in [0.4, 0.5) is 18.4 Å². The van der Waals surface area contributed by atoms with Crippen molar-refractivity contribution in [2.45, 2.75) is 83.5 Å². The Kier molecular flexibility index (Phi) is 12.9. The molecule has 0 aromatic heterocycles. The lowest BCUT2D eigenvalue weighted by Crippen LogP contribution is -2.59. The van der Waals surface area contributed by atoms with E-state index in [0.717, 1.165) is 22.6 Å². The Morgan fingerprint density at radius 3 is 2.41 bits per heavy atom. The van der Waals surface area contributed by atoms with Crippen molar-refractivity contribution in [1.82, 2.24) is 20.0 Å². The highest BCUT2D eigenvalue weighted by molar-refractivity contribution is 5.92.